The largest absolute Gasteiger partial charge is 0.300 e. The van der Waals surface area contributed by atoms with Gasteiger partial charge in [0.2, 0.25) is 0 Å². The summed E-state index contributed by atoms with van der Waals surface area (Å²) in [4.78, 5) is 16.0. The van der Waals surface area contributed by atoms with Crippen LogP contribution in [0, 0.1) is 5.92 Å². The Kier molecular flexibility index (Phi) is 4.51. The Labute approximate surface area is 132 Å². The Bertz CT molecular complexity index is 475. The Morgan fingerprint density at radius 2 is 2.00 bits per heavy atom. The summed E-state index contributed by atoms with van der Waals surface area (Å²) in [5, 5.41) is 2.21. The van der Waals surface area contributed by atoms with E-state index in [9.17, 15) is 4.79 Å². The quantitative estimate of drug-likeness (QED) is 0.832. The minimum Gasteiger partial charge on any atom is -0.300 e. The molecule has 21 heavy (non-hydrogen) atoms. The second kappa shape index (κ2) is 6.21. The molecule has 0 aliphatic heterocycles. The Balaban J connectivity index is 1.94. The maximum atomic E-state index is 12.3. The van der Waals surface area contributed by atoms with Crippen molar-refractivity contribution in [1.29, 1.82) is 0 Å². The molecule has 2 saturated carbocycles. The zero-order valence-electron chi connectivity index (χ0n) is 13.3. The number of hydrogen-bond donors (Lipinski definition) is 0. The van der Waals surface area contributed by atoms with Crippen molar-refractivity contribution in [2.45, 2.75) is 62.8 Å². The summed E-state index contributed by atoms with van der Waals surface area (Å²) in [6.07, 6.45) is 9.71. The van der Waals surface area contributed by atoms with Crippen molar-refractivity contribution in [2.24, 2.45) is 5.92 Å². The van der Waals surface area contributed by atoms with Crippen molar-refractivity contribution in [3.8, 4) is 0 Å². The molecule has 2 aliphatic carbocycles. The molecule has 0 N–H and O–H groups in total. The minimum atomic E-state index is 0.114. The van der Waals surface area contributed by atoms with Crippen LogP contribution in [0.3, 0.4) is 0 Å². The molecule has 0 bridgehead atoms. The average molecular weight is 305 g/mol. The predicted octanol–water partition coefficient (Wildman–Crippen LogP) is 4.25. The van der Waals surface area contributed by atoms with Crippen molar-refractivity contribution < 1.29 is 4.79 Å². The minimum absolute atomic E-state index is 0.114. The van der Waals surface area contributed by atoms with Crippen molar-refractivity contribution in [3.63, 3.8) is 0 Å². The van der Waals surface area contributed by atoms with Crippen molar-refractivity contribution in [2.75, 3.05) is 14.1 Å². The number of thiophene rings is 1. The van der Waals surface area contributed by atoms with Gasteiger partial charge in [0.25, 0.3) is 0 Å². The number of likely N-dealkylation sites (N-methyl/N-ethyl adjacent to an activating group) is 1. The third-order valence-electron chi connectivity index (χ3n) is 5.77. The standard InChI is InChI=1S/C18H27NOS/c1-19(2)15-13-18(11-10-16(15)20,17-9-6-12-21-17)14-7-4-3-5-8-14/h6,9,12,14-15H,3-5,7-8,10-11,13H2,1-2H3/t15-,18+/m0/s1. The number of carbonyl (C=O) groups excluding carboxylic acids is 1. The molecule has 1 aromatic rings. The highest BCUT2D eigenvalue weighted by atomic mass is 32.1. The van der Waals surface area contributed by atoms with E-state index in [0.29, 0.717) is 5.78 Å². The lowest BCUT2D eigenvalue weighted by atomic mass is 9.59. The van der Waals surface area contributed by atoms with Crippen LogP contribution in [-0.4, -0.2) is 30.8 Å². The molecular formula is C18H27NOS. The van der Waals surface area contributed by atoms with Crippen molar-refractivity contribution >= 4 is 17.1 Å². The summed E-state index contributed by atoms with van der Waals surface area (Å²) in [6.45, 7) is 0. The van der Waals surface area contributed by atoms with Crippen LogP contribution in [0.5, 0.6) is 0 Å². The first-order valence-electron chi connectivity index (χ1n) is 8.36. The Morgan fingerprint density at radius 3 is 2.62 bits per heavy atom. The normalized spacial score (nSPS) is 31.8. The Hall–Kier alpha value is -0.670. The topological polar surface area (TPSA) is 20.3 Å². The Morgan fingerprint density at radius 1 is 1.24 bits per heavy atom. The van der Waals surface area contributed by atoms with E-state index in [1.165, 1.54) is 37.0 Å². The van der Waals surface area contributed by atoms with E-state index in [4.69, 9.17) is 0 Å². The van der Waals surface area contributed by atoms with E-state index in [1.54, 1.807) is 0 Å². The number of nitrogens with zero attached hydrogens (tertiary/aromatic N) is 1. The van der Waals surface area contributed by atoms with Crippen LogP contribution in [0.4, 0.5) is 0 Å². The molecule has 116 valence electrons. The lowest BCUT2D eigenvalue weighted by Gasteiger charge is -2.48. The molecule has 1 aromatic heterocycles. The first kappa shape index (κ1) is 15.2. The van der Waals surface area contributed by atoms with E-state index in [2.05, 4.69) is 36.5 Å². The fraction of sp³-hybridized carbons (Fsp3) is 0.722. The van der Waals surface area contributed by atoms with Crippen LogP contribution >= 0.6 is 11.3 Å². The summed E-state index contributed by atoms with van der Waals surface area (Å²) in [6, 6.07) is 4.62. The average Bonchev–Trinajstić information content (AvgIpc) is 3.03. The van der Waals surface area contributed by atoms with Crippen molar-refractivity contribution in [3.05, 3.63) is 22.4 Å². The third-order valence-corrected chi connectivity index (χ3v) is 6.86. The third kappa shape index (κ3) is 2.83. The van der Waals surface area contributed by atoms with Gasteiger partial charge in [0.15, 0.2) is 0 Å². The van der Waals surface area contributed by atoms with Gasteiger partial charge in [0, 0.05) is 16.7 Å². The molecular weight excluding hydrogens is 278 g/mol. The highest BCUT2D eigenvalue weighted by Crippen LogP contribution is 2.51. The maximum absolute atomic E-state index is 12.3. The van der Waals surface area contributed by atoms with Crippen LogP contribution in [0.25, 0.3) is 0 Å². The molecule has 0 amide bonds. The first-order chi connectivity index (χ1) is 10.1. The van der Waals surface area contributed by atoms with Gasteiger partial charge in [-0.3, -0.25) is 9.69 Å². The zero-order valence-corrected chi connectivity index (χ0v) is 14.1. The molecule has 1 heterocycles. The first-order valence-corrected chi connectivity index (χ1v) is 9.24. The molecule has 2 atom stereocenters. The van der Waals surface area contributed by atoms with Gasteiger partial charge >= 0.3 is 0 Å². The number of Topliss-reactive ketones (excluding diaryl/α,β-unsaturated/α-hetero) is 1. The van der Waals surface area contributed by atoms with E-state index >= 15 is 0 Å². The predicted molar refractivity (Wildman–Crippen MR) is 88.9 cm³/mol. The number of rotatable bonds is 3. The molecule has 0 radical (unpaired) electrons. The fourth-order valence-corrected chi connectivity index (χ4v) is 5.60. The van der Waals surface area contributed by atoms with Gasteiger partial charge < -0.3 is 0 Å². The van der Waals surface area contributed by atoms with Gasteiger partial charge in [-0.15, -0.1) is 11.3 Å². The van der Waals surface area contributed by atoms with Gasteiger partial charge in [0.05, 0.1) is 6.04 Å². The number of ketones is 1. The smallest absolute Gasteiger partial charge is 0.150 e. The van der Waals surface area contributed by atoms with E-state index < -0.39 is 0 Å². The van der Waals surface area contributed by atoms with Crippen LogP contribution in [0.1, 0.15) is 56.2 Å². The zero-order chi connectivity index (χ0) is 14.9. The van der Waals surface area contributed by atoms with E-state index in [-0.39, 0.29) is 11.5 Å². The SMILES string of the molecule is CN(C)[C@H]1C[C@@](c2cccs2)(C2CCCCC2)CCC1=O. The molecule has 0 spiro atoms. The van der Waals surface area contributed by atoms with Gasteiger partial charge in [0.1, 0.15) is 5.78 Å². The molecule has 2 aliphatic rings. The number of hydrogen-bond acceptors (Lipinski definition) is 3. The molecule has 3 heteroatoms. The summed E-state index contributed by atoms with van der Waals surface area (Å²) in [5.41, 5.74) is 0.261. The highest BCUT2D eigenvalue weighted by Gasteiger charge is 2.47. The monoisotopic (exact) mass is 305 g/mol. The van der Waals surface area contributed by atoms with Crippen molar-refractivity contribution in [1.82, 2.24) is 4.90 Å². The lowest BCUT2D eigenvalue weighted by molar-refractivity contribution is -0.127. The van der Waals surface area contributed by atoms with Crippen LogP contribution in [0.15, 0.2) is 17.5 Å². The van der Waals surface area contributed by atoms with Crippen LogP contribution in [-0.2, 0) is 10.2 Å². The van der Waals surface area contributed by atoms with Gasteiger partial charge in [-0.05, 0) is 57.1 Å². The molecule has 3 rings (SSSR count). The molecule has 0 unspecified atom stereocenters. The molecule has 0 saturated heterocycles. The van der Waals surface area contributed by atoms with Gasteiger partial charge in [-0.1, -0.05) is 25.3 Å². The lowest BCUT2D eigenvalue weighted by Crippen LogP contribution is -2.50. The van der Waals surface area contributed by atoms with Crippen LogP contribution < -0.4 is 0 Å². The summed E-state index contributed by atoms with van der Waals surface area (Å²) in [5.74, 6) is 1.23. The molecule has 2 nitrogen and oxygen atoms in total. The second-order valence-corrected chi connectivity index (χ2v) is 8.07. The van der Waals surface area contributed by atoms with E-state index in [0.717, 1.165) is 25.2 Å². The second-order valence-electron chi connectivity index (χ2n) is 7.12. The van der Waals surface area contributed by atoms with Crippen LogP contribution in [0.2, 0.25) is 0 Å². The molecule has 0 aromatic carbocycles. The summed E-state index contributed by atoms with van der Waals surface area (Å²) < 4.78 is 0. The summed E-state index contributed by atoms with van der Waals surface area (Å²) >= 11 is 1.91. The van der Waals surface area contributed by atoms with Gasteiger partial charge in [-0.25, -0.2) is 0 Å². The highest BCUT2D eigenvalue weighted by molar-refractivity contribution is 7.10. The summed E-state index contributed by atoms with van der Waals surface area (Å²) in [7, 11) is 4.13. The van der Waals surface area contributed by atoms with Gasteiger partial charge in [-0.2, -0.15) is 0 Å². The number of carbonyl (C=O) groups is 1. The maximum Gasteiger partial charge on any atom is 0.150 e. The molecule has 2 fully saturated rings. The fourth-order valence-electron chi connectivity index (χ4n) is 4.56. The van der Waals surface area contributed by atoms with E-state index in [1.807, 2.05) is 11.3 Å².